The second kappa shape index (κ2) is 7.34. The van der Waals surface area contributed by atoms with Crippen molar-refractivity contribution in [2.24, 2.45) is 0 Å². The minimum atomic E-state index is 0. The number of nitrogens with one attached hydrogen (secondary N) is 1. The van der Waals surface area contributed by atoms with Crippen molar-refractivity contribution < 1.29 is 45.2 Å². The summed E-state index contributed by atoms with van der Waals surface area (Å²) in [5.74, 6) is 2.57. The Morgan fingerprint density at radius 2 is 2.00 bits per heavy atom. The Hall–Kier alpha value is -0.556. The molecule has 1 atom stereocenters. The van der Waals surface area contributed by atoms with Crippen LogP contribution in [-0.4, -0.2) is 4.98 Å². The summed E-state index contributed by atoms with van der Waals surface area (Å²) in [6.07, 6.45) is 10.1. The summed E-state index contributed by atoms with van der Waals surface area (Å²) in [4.78, 5) is 3.41. The Balaban J connectivity index is 0.000000882. The van der Waals surface area contributed by atoms with Crippen molar-refractivity contribution in [1.82, 2.24) is 4.98 Å². The molecule has 4 rings (SSSR count). The van der Waals surface area contributed by atoms with Crippen molar-refractivity contribution in [3.05, 3.63) is 74.4 Å². The molecule has 0 bridgehead atoms. The number of rotatable bonds is 2. The molecule has 0 spiro atoms. The van der Waals surface area contributed by atoms with Crippen LogP contribution in [0.3, 0.4) is 0 Å². The third kappa shape index (κ3) is 2.94. The van der Waals surface area contributed by atoms with Gasteiger partial charge in [0.15, 0.2) is 0 Å². The maximum absolute atomic E-state index is 3.41. The molecule has 0 amide bonds. The maximum atomic E-state index is 3.41. The van der Waals surface area contributed by atoms with Gasteiger partial charge in [-0.25, -0.2) is 0 Å². The zero-order chi connectivity index (χ0) is 13.5. The Morgan fingerprint density at radius 3 is 2.68 bits per heavy atom. The predicted molar refractivity (Wildman–Crippen MR) is 81.1 cm³/mol. The standard InChI is InChI=1S/C17H13NP.2ClH.Ti/c1-2-6-12(5-1)16-14-8-4-3-7-13(14)11-15(16)17-18-9-10-19-17;;;/h1,3-5,7-11,16,18H,2H2;2*1H;/q;;;+2/p-2. The number of hydrogen-bond acceptors (Lipinski definition) is 0. The van der Waals surface area contributed by atoms with Crippen LogP contribution in [0.5, 0.6) is 0 Å². The molecule has 2 aliphatic carbocycles. The molecule has 0 radical (unpaired) electrons. The normalized spacial score (nSPS) is 19.0. The number of halogens is 2. The number of benzene rings is 1. The van der Waals surface area contributed by atoms with Gasteiger partial charge in [0.2, 0.25) is 0 Å². The molecule has 1 unspecified atom stereocenters. The van der Waals surface area contributed by atoms with Gasteiger partial charge in [-0.05, 0) is 0 Å². The Bertz CT molecular complexity index is 763. The van der Waals surface area contributed by atoms with Crippen LogP contribution in [0.15, 0.2) is 57.9 Å². The van der Waals surface area contributed by atoms with Gasteiger partial charge in [-0.15, -0.1) is 0 Å². The van der Waals surface area contributed by atoms with E-state index in [4.69, 9.17) is 0 Å². The SMILES string of the molecule is [Cl-].[Cl-].[Ti+2][C]1=C(C2C(c3[nH]ccp3)=Cc3ccccc32)C=CC1. The third-order valence-electron chi connectivity index (χ3n) is 3.98. The summed E-state index contributed by atoms with van der Waals surface area (Å²) in [6.45, 7) is 0. The van der Waals surface area contributed by atoms with Crippen LogP contribution < -0.4 is 24.8 Å². The summed E-state index contributed by atoms with van der Waals surface area (Å²) >= 11 is 2.26. The van der Waals surface area contributed by atoms with Crippen molar-refractivity contribution in [3.8, 4) is 0 Å². The number of hydrogen-bond donors (Lipinski definition) is 1. The molecule has 1 aromatic carbocycles. The van der Waals surface area contributed by atoms with Gasteiger partial charge < -0.3 is 24.8 Å². The molecule has 2 aromatic rings. The van der Waals surface area contributed by atoms with Crippen LogP contribution in [0, 0.1) is 0 Å². The van der Waals surface area contributed by atoms with Crippen molar-refractivity contribution in [2.75, 3.05) is 0 Å². The molecule has 2 aliphatic rings. The van der Waals surface area contributed by atoms with E-state index >= 15 is 0 Å². The Labute approximate surface area is 156 Å². The van der Waals surface area contributed by atoms with Gasteiger partial charge in [-0.2, -0.15) is 0 Å². The second-order valence-corrected chi connectivity index (χ2v) is 7.09. The van der Waals surface area contributed by atoms with E-state index in [0.29, 0.717) is 5.92 Å². The van der Waals surface area contributed by atoms with Gasteiger partial charge in [0.25, 0.3) is 0 Å². The van der Waals surface area contributed by atoms with Crippen LogP contribution in [0.1, 0.15) is 28.9 Å². The van der Waals surface area contributed by atoms with E-state index in [0.717, 1.165) is 6.42 Å². The van der Waals surface area contributed by atoms with Crippen LogP contribution in [0.25, 0.3) is 11.6 Å². The number of H-pyrrole nitrogens is 1. The second-order valence-electron chi connectivity index (χ2n) is 5.14. The quantitative estimate of drug-likeness (QED) is 0.643. The van der Waals surface area contributed by atoms with E-state index in [-0.39, 0.29) is 24.8 Å². The zero-order valence-corrected chi connectivity index (χ0v) is 15.7. The molecular weight excluding hydrogens is 368 g/mol. The summed E-state index contributed by atoms with van der Waals surface area (Å²) in [7, 11) is 1.27. The molecule has 1 nitrogen and oxygen atoms in total. The van der Waals surface area contributed by atoms with Crippen molar-refractivity contribution >= 4 is 19.8 Å². The van der Waals surface area contributed by atoms with E-state index in [1.165, 1.54) is 39.8 Å². The van der Waals surface area contributed by atoms with E-state index in [1.807, 2.05) is 6.20 Å². The summed E-state index contributed by atoms with van der Waals surface area (Å²) in [5.41, 5.74) is 7.05. The monoisotopic (exact) mass is 380 g/mol. The summed E-state index contributed by atoms with van der Waals surface area (Å²) in [6, 6.07) is 8.78. The molecule has 5 heteroatoms. The zero-order valence-electron chi connectivity index (χ0n) is 11.7. The third-order valence-corrected chi connectivity index (χ3v) is 5.69. The average molecular weight is 381 g/mol. The van der Waals surface area contributed by atoms with Crippen LogP contribution >= 0.6 is 8.19 Å². The first kappa shape index (κ1) is 17.8. The molecule has 0 saturated heterocycles. The molecule has 1 heterocycles. The van der Waals surface area contributed by atoms with E-state index < -0.39 is 0 Å². The Morgan fingerprint density at radius 1 is 1.18 bits per heavy atom. The predicted octanol–water partition coefficient (Wildman–Crippen LogP) is -0.999. The van der Waals surface area contributed by atoms with E-state index in [9.17, 15) is 0 Å². The van der Waals surface area contributed by atoms with Gasteiger partial charge in [-0.1, -0.05) is 0 Å². The van der Waals surface area contributed by atoms with Crippen molar-refractivity contribution in [3.63, 3.8) is 0 Å². The fourth-order valence-electron chi connectivity index (χ4n) is 3.08. The number of allylic oxidation sites excluding steroid dienone is 5. The van der Waals surface area contributed by atoms with Gasteiger partial charge >= 0.3 is 132 Å². The molecule has 1 aromatic heterocycles. The van der Waals surface area contributed by atoms with Crippen molar-refractivity contribution in [1.29, 1.82) is 0 Å². The first-order chi connectivity index (χ1) is 9.84. The summed E-state index contributed by atoms with van der Waals surface area (Å²) in [5, 5.41) is 0. The molecule has 109 valence electrons. The number of aromatic amines is 1. The van der Waals surface area contributed by atoms with E-state index in [1.54, 1.807) is 0 Å². The molecular formula is C17H13Cl2NPTi. The fourth-order valence-corrected chi connectivity index (χ4v) is 4.41. The van der Waals surface area contributed by atoms with Crippen LogP contribution in [0.2, 0.25) is 0 Å². The first-order valence-electron chi connectivity index (χ1n) is 6.76. The molecule has 0 aliphatic heterocycles. The topological polar surface area (TPSA) is 15.8 Å². The summed E-state index contributed by atoms with van der Waals surface area (Å²) < 4.78 is 1.50. The van der Waals surface area contributed by atoms with Gasteiger partial charge in [-0.3, -0.25) is 0 Å². The van der Waals surface area contributed by atoms with Gasteiger partial charge in [0.05, 0.1) is 0 Å². The Kier molecular flexibility index (Phi) is 5.94. The van der Waals surface area contributed by atoms with Crippen LogP contribution in [0.4, 0.5) is 0 Å². The molecule has 0 fully saturated rings. The van der Waals surface area contributed by atoms with Gasteiger partial charge in [0.1, 0.15) is 0 Å². The average Bonchev–Trinajstić information content (AvgIpc) is 3.15. The molecule has 22 heavy (non-hydrogen) atoms. The minimum absolute atomic E-state index is 0. The van der Waals surface area contributed by atoms with Crippen LogP contribution in [-0.2, 0) is 20.4 Å². The van der Waals surface area contributed by atoms with E-state index in [2.05, 4.69) is 73.7 Å². The number of fused-ring (bicyclic) bond motifs is 1. The van der Waals surface area contributed by atoms with Crippen molar-refractivity contribution in [2.45, 2.75) is 12.3 Å². The fraction of sp³-hybridized carbons (Fsp3) is 0.118. The molecule has 1 N–H and O–H groups in total. The van der Waals surface area contributed by atoms with Gasteiger partial charge in [0, 0.05) is 0 Å². The first-order valence-corrected chi connectivity index (χ1v) is 8.50. The molecule has 0 saturated carbocycles. The number of aromatic nitrogens is 1.